The van der Waals surface area contributed by atoms with Gasteiger partial charge in [-0.25, -0.2) is 0 Å². The van der Waals surface area contributed by atoms with Crippen molar-refractivity contribution in [1.82, 2.24) is 20.4 Å². The summed E-state index contributed by atoms with van der Waals surface area (Å²) in [5, 5.41) is 8.30. The lowest BCUT2D eigenvalue weighted by molar-refractivity contribution is 0.183. The predicted molar refractivity (Wildman–Crippen MR) is 134 cm³/mol. The van der Waals surface area contributed by atoms with E-state index in [0.717, 1.165) is 33.9 Å². The van der Waals surface area contributed by atoms with E-state index in [4.69, 9.17) is 35.9 Å². The highest BCUT2D eigenvalue weighted by atomic mass is 32.1. The van der Waals surface area contributed by atoms with E-state index < -0.39 is 0 Å². The number of thiocarbonyl (C=S) groups is 1. The first-order valence-electron chi connectivity index (χ1n) is 11.0. The van der Waals surface area contributed by atoms with Crippen molar-refractivity contribution in [3.8, 4) is 22.9 Å². The van der Waals surface area contributed by atoms with Crippen molar-refractivity contribution in [2.24, 2.45) is 0 Å². The second kappa shape index (κ2) is 10.7. The highest BCUT2D eigenvalue weighted by Crippen LogP contribution is 2.37. The molecule has 4 rings (SSSR count). The van der Waals surface area contributed by atoms with Gasteiger partial charge in [0, 0.05) is 24.9 Å². The Kier molecular flexibility index (Phi) is 7.44. The van der Waals surface area contributed by atoms with Crippen LogP contribution in [0.25, 0.3) is 17.0 Å². The molecule has 2 heterocycles. The fraction of sp³-hybridized carbons (Fsp3) is 0.320. The topological polar surface area (TPSA) is 81.9 Å². The quantitative estimate of drug-likeness (QED) is 0.447. The van der Waals surface area contributed by atoms with Crippen LogP contribution in [0.15, 0.2) is 58.8 Å². The molecule has 1 aliphatic heterocycles. The van der Waals surface area contributed by atoms with Crippen molar-refractivity contribution in [3.05, 3.63) is 65.7 Å². The summed E-state index contributed by atoms with van der Waals surface area (Å²) in [6, 6.07) is 15.2. The maximum atomic E-state index is 5.77. The zero-order chi connectivity index (χ0) is 24.1. The van der Waals surface area contributed by atoms with Crippen molar-refractivity contribution in [2.75, 3.05) is 34.0 Å². The summed E-state index contributed by atoms with van der Waals surface area (Å²) >= 11 is 5.69. The largest absolute Gasteiger partial charge is 0.497 e. The minimum atomic E-state index is -0.258. The van der Waals surface area contributed by atoms with Crippen LogP contribution in [0.3, 0.4) is 0 Å². The number of hydrogen-bond donors (Lipinski definition) is 1. The van der Waals surface area contributed by atoms with E-state index in [1.807, 2.05) is 67.3 Å². The molecule has 1 unspecified atom stereocenters. The molecule has 1 aromatic heterocycles. The van der Waals surface area contributed by atoms with Gasteiger partial charge in [-0.3, -0.25) is 0 Å². The van der Waals surface area contributed by atoms with Crippen LogP contribution in [0.4, 0.5) is 0 Å². The van der Waals surface area contributed by atoms with Gasteiger partial charge in [0.05, 0.1) is 31.9 Å². The molecular formula is C25H28N4O4S. The van der Waals surface area contributed by atoms with Gasteiger partial charge in [0.2, 0.25) is 5.82 Å². The summed E-state index contributed by atoms with van der Waals surface area (Å²) in [5.74, 6) is 2.51. The molecular weight excluding hydrogens is 452 g/mol. The molecule has 1 aliphatic rings. The van der Waals surface area contributed by atoms with E-state index in [0.29, 0.717) is 36.6 Å². The molecule has 0 amide bonds. The lowest BCUT2D eigenvalue weighted by Crippen LogP contribution is -2.47. The van der Waals surface area contributed by atoms with E-state index >= 15 is 0 Å². The van der Waals surface area contributed by atoms with Crippen LogP contribution in [0.2, 0.25) is 0 Å². The molecule has 34 heavy (non-hydrogen) atoms. The molecule has 0 radical (unpaired) electrons. The van der Waals surface area contributed by atoms with Gasteiger partial charge in [0.1, 0.15) is 11.5 Å². The number of benzene rings is 2. The summed E-state index contributed by atoms with van der Waals surface area (Å²) < 4.78 is 21.9. The Hall–Kier alpha value is -3.43. The van der Waals surface area contributed by atoms with E-state index in [1.165, 1.54) is 0 Å². The van der Waals surface area contributed by atoms with Gasteiger partial charge in [0.15, 0.2) is 5.11 Å². The Labute approximate surface area is 204 Å². The number of rotatable bonds is 9. The average Bonchev–Trinajstić information content (AvgIpc) is 3.34. The lowest BCUT2D eigenvalue weighted by Gasteiger charge is -2.37. The van der Waals surface area contributed by atoms with Crippen LogP contribution in [0, 0.1) is 0 Å². The second-order valence-corrected chi connectivity index (χ2v) is 8.07. The number of nitrogens with one attached hydrogen (secondary N) is 1. The molecule has 0 spiro atoms. The normalized spacial score (nSPS) is 15.9. The highest BCUT2D eigenvalue weighted by molar-refractivity contribution is 7.80. The van der Waals surface area contributed by atoms with Crippen LogP contribution >= 0.6 is 12.2 Å². The van der Waals surface area contributed by atoms with Crippen molar-refractivity contribution in [3.63, 3.8) is 0 Å². The van der Waals surface area contributed by atoms with Gasteiger partial charge in [-0.2, -0.15) is 4.98 Å². The number of hydrogen-bond acceptors (Lipinski definition) is 7. The fourth-order valence-corrected chi connectivity index (χ4v) is 4.22. The van der Waals surface area contributed by atoms with Crippen LogP contribution in [0.1, 0.15) is 31.3 Å². The van der Waals surface area contributed by atoms with E-state index in [2.05, 4.69) is 10.5 Å². The Morgan fingerprint density at radius 2 is 1.76 bits per heavy atom. The van der Waals surface area contributed by atoms with Crippen LogP contribution in [-0.4, -0.2) is 54.1 Å². The molecule has 3 aromatic rings. The van der Waals surface area contributed by atoms with Crippen LogP contribution in [-0.2, 0) is 4.74 Å². The Morgan fingerprint density at radius 1 is 1.06 bits per heavy atom. The van der Waals surface area contributed by atoms with Crippen LogP contribution in [0.5, 0.6) is 11.5 Å². The Balaban J connectivity index is 1.74. The summed E-state index contributed by atoms with van der Waals surface area (Å²) in [7, 11) is 3.30. The molecule has 1 atom stereocenters. The maximum absolute atomic E-state index is 5.77. The zero-order valence-electron chi connectivity index (χ0n) is 19.7. The highest BCUT2D eigenvalue weighted by Gasteiger charge is 2.34. The Morgan fingerprint density at radius 3 is 2.41 bits per heavy atom. The Bertz CT molecular complexity index is 1160. The number of aromatic nitrogens is 2. The average molecular weight is 481 g/mol. The monoisotopic (exact) mass is 480 g/mol. The second-order valence-electron chi connectivity index (χ2n) is 7.68. The number of nitrogens with zero attached hydrogens (tertiary/aromatic N) is 3. The smallest absolute Gasteiger partial charge is 0.258 e. The third-order valence-electron chi connectivity index (χ3n) is 5.64. The molecule has 0 saturated carbocycles. The molecule has 0 aliphatic carbocycles. The molecule has 178 valence electrons. The molecule has 0 fully saturated rings. The minimum Gasteiger partial charge on any atom is -0.497 e. The SMILES string of the molecule is CCOc1ccc(C2NC(=S)N(CCOC)C(C)=C2c2nc(-c3ccc(OC)cc3)no2)cc1. The van der Waals surface area contributed by atoms with E-state index in [1.54, 1.807) is 14.2 Å². The molecule has 0 saturated heterocycles. The molecule has 9 heteroatoms. The van der Waals surface area contributed by atoms with Gasteiger partial charge in [-0.1, -0.05) is 17.3 Å². The third-order valence-corrected chi connectivity index (χ3v) is 5.98. The minimum absolute atomic E-state index is 0.258. The summed E-state index contributed by atoms with van der Waals surface area (Å²) in [4.78, 5) is 6.73. The number of methoxy groups -OCH3 is 2. The van der Waals surface area contributed by atoms with Gasteiger partial charge in [0.25, 0.3) is 5.89 Å². The van der Waals surface area contributed by atoms with E-state index in [9.17, 15) is 0 Å². The van der Waals surface area contributed by atoms with Gasteiger partial charge in [-0.15, -0.1) is 0 Å². The lowest BCUT2D eigenvalue weighted by atomic mass is 9.94. The zero-order valence-corrected chi connectivity index (χ0v) is 20.5. The summed E-state index contributed by atoms with van der Waals surface area (Å²) in [6.45, 7) is 5.72. The predicted octanol–water partition coefficient (Wildman–Crippen LogP) is 4.45. The number of allylic oxidation sites excluding steroid dienone is 1. The standard InChI is InChI=1S/C25H28N4O4S/c1-5-32-20-12-6-17(7-13-20)22-21(16(2)29(14-15-30-3)25(34)26-22)24-27-23(28-33-24)18-8-10-19(31-4)11-9-18/h6-13,22H,5,14-15H2,1-4H3,(H,26,34). The first-order chi connectivity index (χ1) is 16.5. The molecule has 2 aromatic carbocycles. The summed E-state index contributed by atoms with van der Waals surface area (Å²) in [5.41, 5.74) is 3.64. The third kappa shape index (κ3) is 4.90. The maximum Gasteiger partial charge on any atom is 0.258 e. The van der Waals surface area contributed by atoms with E-state index in [-0.39, 0.29) is 6.04 Å². The van der Waals surface area contributed by atoms with Crippen molar-refractivity contribution < 1.29 is 18.7 Å². The summed E-state index contributed by atoms with van der Waals surface area (Å²) in [6.07, 6.45) is 0. The van der Waals surface area contributed by atoms with Gasteiger partial charge in [-0.05, 0) is 68.0 Å². The van der Waals surface area contributed by atoms with Crippen molar-refractivity contribution in [1.29, 1.82) is 0 Å². The van der Waals surface area contributed by atoms with Gasteiger partial charge < -0.3 is 29.0 Å². The first-order valence-corrected chi connectivity index (χ1v) is 11.5. The fourth-order valence-electron chi connectivity index (χ4n) is 3.87. The van der Waals surface area contributed by atoms with Crippen molar-refractivity contribution in [2.45, 2.75) is 19.9 Å². The molecule has 1 N–H and O–H groups in total. The first kappa shape index (κ1) is 23.7. The molecule has 8 nitrogen and oxygen atoms in total. The van der Waals surface area contributed by atoms with Crippen molar-refractivity contribution >= 4 is 22.9 Å². The van der Waals surface area contributed by atoms with Crippen LogP contribution < -0.4 is 14.8 Å². The van der Waals surface area contributed by atoms with Gasteiger partial charge >= 0.3 is 0 Å². The number of ether oxygens (including phenoxy) is 3. The molecule has 0 bridgehead atoms.